The third-order valence-electron chi connectivity index (χ3n) is 5.85. The first kappa shape index (κ1) is 22.2. The Morgan fingerprint density at radius 3 is 2.83 bits per heavy atom. The second-order valence-corrected chi connectivity index (χ2v) is 9.51. The number of carboxylic acid groups (broad SMARTS) is 1. The quantitative estimate of drug-likeness (QED) is 0.356. The molecule has 1 aliphatic rings. The van der Waals surface area contributed by atoms with Crippen molar-refractivity contribution in [1.29, 1.82) is 0 Å². The maximum Gasteiger partial charge on any atom is 0.345 e. The molecular formula is C22H14ClFN8O3S. The number of thiophene rings is 1. The summed E-state index contributed by atoms with van der Waals surface area (Å²) in [5.41, 5.74) is 1.27. The lowest BCUT2D eigenvalue weighted by Gasteiger charge is -2.14. The van der Waals surface area contributed by atoms with Crippen LogP contribution in [0.15, 0.2) is 47.5 Å². The third kappa shape index (κ3) is 3.69. The summed E-state index contributed by atoms with van der Waals surface area (Å²) >= 11 is 7.15. The van der Waals surface area contributed by atoms with Crippen molar-refractivity contribution in [3.8, 4) is 27.5 Å². The molecule has 0 fully saturated rings. The molecule has 0 saturated carbocycles. The molecule has 0 saturated heterocycles. The normalized spacial score (nSPS) is 14.8. The number of halogens is 2. The van der Waals surface area contributed by atoms with Gasteiger partial charge in [-0.25, -0.2) is 14.8 Å². The van der Waals surface area contributed by atoms with Gasteiger partial charge in [-0.15, -0.1) is 16.4 Å². The van der Waals surface area contributed by atoms with Crippen LogP contribution >= 0.6 is 22.9 Å². The summed E-state index contributed by atoms with van der Waals surface area (Å²) in [5.74, 6) is -1.00. The molecule has 0 aliphatic carbocycles. The summed E-state index contributed by atoms with van der Waals surface area (Å²) in [7, 11) is 0. The van der Waals surface area contributed by atoms with Crippen molar-refractivity contribution < 1.29 is 14.3 Å². The Morgan fingerprint density at radius 1 is 1.22 bits per heavy atom. The van der Waals surface area contributed by atoms with Crippen LogP contribution in [0.3, 0.4) is 0 Å². The van der Waals surface area contributed by atoms with Gasteiger partial charge in [-0.2, -0.15) is 9.07 Å². The SMILES string of the molecule is O=C(O)c1ccc(-c2nc([C@@H]3CCc4nc(-c5cc(Cl)ccc5-n5cnnn5)cc(=O)n43)[nH]c2F)s1. The topological polar surface area (TPSA) is 144 Å². The minimum absolute atomic E-state index is 0.0126. The van der Waals surface area contributed by atoms with Crippen molar-refractivity contribution >= 4 is 28.9 Å². The van der Waals surface area contributed by atoms with E-state index in [-0.39, 0.29) is 22.0 Å². The predicted molar refractivity (Wildman–Crippen MR) is 127 cm³/mol. The molecule has 2 N–H and O–H groups in total. The maximum atomic E-state index is 14.7. The zero-order valence-electron chi connectivity index (χ0n) is 18.1. The van der Waals surface area contributed by atoms with Crippen LogP contribution in [0.4, 0.5) is 4.39 Å². The third-order valence-corrected chi connectivity index (χ3v) is 7.17. The zero-order chi connectivity index (χ0) is 25.0. The first-order valence-electron chi connectivity index (χ1n) is 10.6. The molecule has 5 heterocycles. The lowest BCUT2D eigenvalue weighted by molar-refractivity contribution is 0.0702. The van der Waals surface area contributed by atoms with Gasteiger partial charge in [-0.05, 0) is 47.2 Å². The average Bonchev–Trinajstić information content (AvgIpc) is 3.64. The van der Waals surface area contributed by atoms with Gasteiger partial charge in [0.2, 0.25) is 5.95 Å². The first-order chi connectivity index (χ1) is 17.4. The number of imidazole rings is 1. The van der Waals surface area contributed by atoms with Crippen molar-refractivity contribution in [3.63, 3.8) is 0 Å². The minimum Gasteiger partial charge on any atom is -0.477 e. The molecule has 1 atom stereocenters. The number of nitrogens with one attached hydrogen (secondary N) is 1. The van der Waals surface area contributed by atoms with E-state index in [2.05, 4.69) is 25.5 Å². The summed E-state index contributed by atoms with van der Waals surface area (Å²) in [4.78, 5) is 36.6. The van der Waals surface area contributed by atoms with Crippen LogP contribution in [0, 0.1) is 5.95 Å². The molecule has 14 heteroatoms. The number of nitrogens with zero attached hydrogens (tertiary/aromatic N) is 7. The van der Waals surface area contributed by atoms with Gasteiger partial charge in [0.1, 0.15) is 28.5 Å². The molecule has 6 rings (SSSR count). The van der Waals surface area contributed by atoms with Gasteiger partial charge in [0, 0.05) is 23.1 Å². The van der Waals surface area contributed by atoms with E-state index in [0.29, 0.717) is 45.5 Å². The van der Waals surface area contributed by atoms with E-state index in [1.807, 2.05) is 0 Å². The van der Waals surface area contributed by atoms with Gasteiger partial charge < -0.3 is 10.1 Å². The summed E-state index contributed by atoms with van der Waals surface area (Å²) in [5, 5.41) is 20.8. The second kappa shape index (κ2) is 8.46. The fraction of sp³-hybridized carbons (Fsp3) is 0.136. The molecule has 0 radical (unpaired) electrons. The van der Waals surface area contributed by atoms with Crippen LogP contribution < -0.4 is 5.56 Å². The number of fused-ring (bicyclic) bond motifs is 1. The Balaban J connectivity index is 1.39. The number of carboxylic acids is 1. The van der Waals surface area contributed by atoms with Crippen LogP contribution in [-0.2, 0) is 6.42 Å². The van der Waals surface area contributed by atoms with E-state index in [4.69, 9.17) is 21.7 Å². The van der Waals surface area contributed by atoms with Crippen LogP contribution in [0.25, 0.3) is 27.5 Å². The van der Waals surface area contributed by atoms with Crippen molar-refractivity contribution in [2.24, 2.45) is 0 Å². The molecule has 5 aromatic rings. The van der Waals surface area contributed by atoms with E-state index in [9.17, 15) is 14.0 Å². The predicted octanol–water partition coefficient (Wildman–Crippen LogP) is 3.36. The highest BCUT2D eigenvalue weighted by atomic mass is 35.5. The summed E-state index contributed by atoms with van der Waals surface area (Å²) in [6.45, 7) is 0. The second-order valence-electron chi connectivity index (χ2n) is 7.99. The van der Waals surface area contributed by atoms with Crippen LogP contribution in [0.5, 0.6) is 0 Å². The molecule has 4 aromatic heterocycles. The molecular weight excluding hydrogens is 511 g/mol. The Labute approximate surface area is 209 Å². The highest BCUT2D eigenvalue weighted by Gasteiger charge is 2.31. The highest BCUT2D eigenvalue weighted by molar-refractivity contribution is 7.17. The lowest BCUT2D eigenvalue weighted by atomic mass is 10.1. The average molecular weight is 525 g/mol. The van der Waals surface area contributed by atoms with Crippen LogP contribution in [0.1, 0.15) is 33.8 Å². The van der Waals surface area contributed by atoms with Crippen molar-refractivity contribution in [2.75, 3.05) is 0 Å². The number of aromatic nitrogens is 8. The number of rotatable bonds is 5. The summed E-state index contributed by atoms with van der Waals surface area (Å²) in [6, 6.07) is 8.86. The number of carbonyl (C=O) groups is 1. The molecule has 0 bridgehead atoms. The van der Waals surface area contributed by atoms with E-state index in [0.717, 1.165) is 11.3 Å². The summed E-state index contributed by atoms with van der Waals surface area (Å²) in [6.07, 6.45) is 2.38. The number of aromatic carboxylic acids is 1. The molecule has 0 unspecified atom stereocenters. The number of aromatic amines is 1. The smallest absolute Gasteiger partial charge is 0.345 e. The molecule has 180 valence electrons. The fourth-order valence-corrected chi connectivity index (χ4v) is 5.30. The van der Waals surface area contributed by atoms with Crippen molar-refractivity contribution in [3.05, 3.63) is 80.6 Å². The van der Waals surface area contributed by atoms with Crippen LogP contribution in [-0.4, -0.2) is 50.8 Å². The van der Waals surface area contributed by atoms with E-state index in [1.54, 1.807) is 18.2 Å². The first-order valence-corrected chi connectivity index (χ1v) is 11.8. The number of aryl methyl sites for hydroxylation is 1. The molecule has 1 aliphatic heterocycles. The lowest BCUT2D eigenvalue weighted by Crippen LogP contribution is -2.25. The number of H-pyrrole nitrogens is 1. The van der Waals surface area contributed by atoms with E-state index >= 15 is 0 Å². The molecule has 11 nitrogen and oxygen atoms in total. The fourth-order valence-electron chi connectivity index (χ4n) is 4.30. The zero-order valence-corrected chi connectivity index (χ0v) is 19.7. The largest absolute Gasteiger partial charge is 0.477 e. The highest BCUT2D eigenvalue weighted by Crippen LogP contribution is 2.34. The molecule has 1 aromatic carbocycles. The summed E-state index contributed by atoms with van der Waals surface area (Å²) < 4.78 is 17.7. The van der Waals surface area contributed by atoms with Gasteiger partial charge in [0.25, 0.3) is 5.56 Å². The number of hydrogen-bond acceptors (Lipinski definition) is 8. The monoisotopic (exact) mass is 524 g/mol. The van der Waals surface area contributed by atoms with Gasteiger partial charge in [-0.1, -0.05) is 11.6 Å². The van der Waals surface area contributed by atoms with Crippen LogP contribution in [0.2, 0.25) is 5.02 Å². The molecule has 36 heavy (non-hydrogen) atoms. The standard InChI is InChI=1S/C22H14ClFN8O3S/c23-10-1-2-13(31-9-25-29-30-31)11(7-10)12-8-18(33)32-14(3-6-17(32)26-12)21-27-19(20(24)28-21)15-4-5-16(36-15)22(34)35/h1-2,4-5,7-9,14H,3,6H2,(H,27,28)(H,34,35)/t14-/m0/s1. The minimum atomic E-state index is -1.09. The van der Waals surface area contributed by atoms with Gasteiger partial charge in [0.05, 0.1) is 22.3 Å². The van der Waals surface area contributed by atoms with E-state index < -0.39 is 18.0 Å². The van der Waals surface area contributed by atoms with Gasteiger partial charge in [-0.3, -0.25) is 9.36 Å². The number of tetrazole rings is 1. The van der Waals surface area contributed by atoms with Gasteiger partial charge in [0.15, 0.2) is 0 Å². The Hall–Kier alpha value is -4.23. The van der Waals surface area contributed by atoms with Gasteiger partial charge >= 0.3 is 5.97 Å². The maximum absolute atomic E-state index is 14.7. The Bertz CT molecular complexity index is 1690. The number of hydrogen-bond donors (Lipinski definition) is 2. The number of benzene rings is 1. The van der Waals surface area contributed by atoms with Crippen molar-refractivity contribution in [1.82, 2.24) is 39.7 Å². The molecule has 0 amide bonds. The van der Waals surface area contributed by atoms with Crippen molar-refractivity contribution in [2.45, 2.75) is 18.9 Å². The molecule has 0 spiro atoms. The Morgan fingerprint density at radius 2 is 2.08 bits per heavy atom. The van der Waals surface area contributed by atoms with E-state index in [1.165, 1.54) is 33.8 Å². The Kier molecular flexibility index (Phi) is 5.23.